The monoisotopic (exact) mass is 1130 g/mol. The van der Waals surface area contributed by atoms with Crippen LogP contribution in [0, 0.1) is 32.7 Å². The minimum Gasteiger partial charge on any atom is -0.399 e. The van der Waals surface area contributed by atoms with E-state index in [0.717, 1.165) is 58.1 Å². The van der Waals surface area contributed by atoms with Crippen molar-refractivity contribution >= 4 is 109 Å². The first-order chi connectivity index (χ1) is 31.7. The molecule has 3 saturated heterocycles. The van der Waals surface area contributed by atoms with E-state index < -0.39 is 17.5 Å². The summed E-state index contributed by atoms with van der Waals surface area (Å²) in [6.07, 6.45) is 10.7. The second-order valence-electron chi connectivity index (χ2n) is 14.3. The number of carbonyl (C=O) groups excluding carboxylic acids is 1. The van der Waals surface area contributed by atoms with E-state index >= 15 is 0 Å². The second kappa shape index (κ2) is 29.2. The molecule has 0 radical (unpaired) electrons. The number of benzene rings is 2. The lowest BCUT2D eigenvalue weighted by molar-refractivity contribution is 0.215. The lowest BCUT2D eigenvalue weighted by Gasteiger charge is -2.24. The van der Waals surface area contributed by atoms with Crippen molar-refractivity contribution in [2.24, 2.45) is 0 Å². The van der Waals surface area contributed by atoms with Gasteiger partial charge >= 0.3 is 6.03 Å². The molecule has 6 N–H and O–H groups in total. The summed E-state index contributed by atoms with van der Waals surface area (Å²) in [6, 6.07) is 7.72. The second-order valence-corrected chi connectivity index (χ2v) is 17.4. The summed E-state index contributed by atoms with van der Waals surface area (Å²) >= 11 is 30.4. The van der Waals surface area contributed by atoms with E-state index in [-0.39, 0.29) is 32.7 Å². The largest absolute Gasteiger partial charge is 0.399 e. The summed E-state index contributed by atoms with van der Waals surface area (Å²) in [4.78, 5) is 28.8. The smallest absolute Gasteiger partial charge is 0.321 e. The van der Waals surface area contributed by atoms with E-state index in [0.29, 0.717) is 69.0 Å². The molecule has 3 aliphatic rings. The number of pyridine rings is 3. The molecule has 3 aliphatic heterocycles. The summed E-state index contributed by atoms with van der Waals surface area (Å²) < 4.78 is 66.0. The third-order valence-electron chi connectivity index (χ3n) is 9.51. The molecule has 3 fully saturated rings. The number of hydrogen-bond donors (Lipinski definition) is 5. The van der Waals surface area contributed by atoms with Crippen LogP contribution in [0.4, 0.5) is 49.5 Å². The zero-order valence-corrected chi connectivity index (χ0v) is 41.3. The molecule has 0 bridgehead atoms. The van der Waals surface area contributed by atoms with Gasteiger partial charge < -0.3 is 41.7 Å². The summed E-state index contributed by atoms with van der Waals surface area (Å²) in [6.45, 7) is 9.97. The van der Waals surface area contributed by atoms with Crippen molar-refractivity contribution in [3.05, 3.63) is 131 Å². The highest BCUT2D eigenvalue weighted by Gasteiger charge is 2.23. The van der Waals surface area contributed by atoms with Gasteiger partial charge in [-0.25, -0.2) is 26.7 Å². The summed E-state index contributed by atoms with van der Waals surface area (Å²) in [7, 11) is 0. The molecular formula is C43H48Cl5F5IN11O. The number of nitrogens with two attached hydrogens (primary N) is 1. The van der Waals surface area contributed by atoms with E-state index in [1.165, 1.54) is 80.7 Å². The Morgan fingerprint density at radius 2 is 1.06 bits per heavy atom. The lowest BCUT2D eigenvalue weighted by Crippen LogP contribution is -2.38. The molecule has 0 aliphatic carbocycles. The number of aromatic nitrogens is 3. The first kappa shape index (κ1) is 54.9. The van der Waals surface area contributed by atoms with Crippen LogP contribution in [0.5, 0.6) is 0 Å². The number of nitrogens with one attached hydrogen (secondary N) is 4. The molecule has 2 amide bonds. The first-order valence-corrected chi connectivity index (χ1v) is 23.5. The average molecular weight is 1130 g/mol. The molecule has 0 spiro atoms. The average Bonchev–Trinajstić information content (AvgIpc) is 3.85. The number of amides is 2. The van der Waals surface area contributed by atoms with Crippen LogP contribution in [-0.4, -0.2) is 104 Å². The number of urea groups is 1. The van der Waals surface area contributed by atoms with Crippen LogP contribution in [0.15, 0.2) is 73.6 Å². The highest BCUT2D eigenvalue weighted by molar-refractivity contribution is 14.1. The molecule has 23 heteroatoms. The zero-order valence-electron chi connectivity index (χ0n) is 35.4. The van der Waals surface area contributed by atoms with Crippen molar-refractivity contribution < 1.29 is 26.7 Å². The van der Waals surface area contributed by atoms with Gasteiger partial charge in [-0.2, -0.15) is 0 Å². The van der Waals surface area contributed by atoms with Crippen LogP contribution in [0.1, 0.15) is 19.3 Å². The van der Waals surface area contributed by atoms with Gasteiger partial charge in [0.15, 0.2) is 17.5 Å². The van der Waals surface area contributed by atoms with Gasteiger partial charge in [0.25, 0.3) is 0 Å². The molecule has 3 aromatic heterocycles. The van der Waals surface area contributed by atoms with Gasteiger partial charge in [-0.1, -0.05) is 58.0 Å². The van der Waals surface area contributed by atoms with E-state index in [9.17, 15) is 26.7 Å². The molecule has 0 unspecified atom stereocenters. The molecule has 6 heterocycles. The van der Waals surface area contributed by atoms with Crippen LogP contribution in [-0.2, 0) is 0 Å². The number of anilines is 4. The number of halogens is 11. The van der Waals surface area contributed by atoms with Gasteiger partial charge in [-0.15, -0.1) is 0 Å². The fraction of sp³-hybridized carbons (Fsp3) is 0.349. The molecule has 0 atom stereocenters. The predicted molar refractivity (Wildman–Crippen MR) is 265 cm³/mol. The number of nitrogen functional groups attached to an aromatic ring is 1. The summed E-state index contributed by atoms with van der Waals surface area (Å²) in [5, 5.41) is 13.5. The molecule has 0 saturated carbocycles. The Morgan fingerprint density at radius 1 is 0.545 bits per heavy atom. The van der Waals surface area contributed by atoms with E-state index in [4.69, 9.17) is 63.7 Å². The van der Waals surface area contributed by atoms with Gasteiger partial charge in [0.2, 0.25) is 0 Å². The Labute approximate surface area is 419 Å². The normalized spacial score (nSPS) is 15.0. The topological polar surface area (TPSA) is 140 Å². The molecule has 2 aromatic carbocycles. The third-order valence-corrected chi connectivity index (χ3v) is 12.3. The van der Waals surface area contributed by atoms with Gasteiger partial charge in [0.1, 0.15) is 11.6 Å². The lowest BCUT2D eigenvalue weighted by atomic mass is 10.3. The van der Waals surface area contributed by atoms with Crippen molar-refractivity contribution in [3.63, 3.8) is 0 Å². The molecule has 358 valence electrons. The Bertz CT molecular complexity index is 2230. The first-order valence-electron chi connectivity index (χ1n) is 20.5. The summed E-state index contributed by atoms with van der Waals surface area (Å²) in [5.74, 6) is -2.19. The van der Waals surface area contributed by atoms with E-state index in [2.05, 4.69) is 36.2 Å². The highest BCUT2D eigenvalue weighted by atomic mass is 127. The molecular weight excluding hydrogens is 1090 g/mol. The van der Waals surface area contributed by atoms with Crippen molar-refractivity contribution in [1.82, 2.24) is 35.8 Å². The Hall–Kier alpha value is -3.73. The van der Waals surface area contributed by atoms with Crippen LogP contribution in [0.2, 0.25) is 25.1 Å². The number of carbonyl (C=O) groups is 1. The third kappa shape index (κ3) is 18.4. The van der Waals surface area contributed by atoms with Gasteiger partial charge in [0.05, 0.1) is 58.6 Å². The number of hydrogen-bond acceptors (Lipinski definition) is 10. The molecule has 66 heavy (non-hydrogen) atoms. The highest BCUT2D eigenvalue weighted by Crippen LogP contribution is 2.30. The van der Waals surface area contributed by atoms with Crippen LogP contribution in [0.25, 0.3) is 0 Å². The van der Waals surface area contributed by atoms with Crippen molar-refractivity contribution in [2.45, 2.75) is 19.3 Å². The maximum absolute atomic E-state index is 14.1. The van der Waals surface area contributed by atoms with Gasteiger partial charge in [-0.05, 0) is 97.9 Å². The quantitative estimate of drug-likeness (QED) is 0.0674. The molecule has 12 nitrogen and oxygen atoms in total. The zero-order chi connectivity index (χ0) is 48.0. The van der Waals surface area contributed by atoms with Crippen LogP contribution < -0.4 is 36.8 Å². The Balaban J connectivity index is 0.000000200. The van der Waals surface area contributed by atoms with Crippen molar-refractivity contribution in [3.8, 4) is 0 Å². The minimum atomic E-state index is -0.550. The fourth-order valence-corrected chi connectivity index (χ4v) is 7.60. The van der Waals surface area contributed by atoms with Crippen LogP contribution >= 0.6 is 80.6 Å². The molecule has 5 aromatic rings. The summed E-state index contributed by atoms with van der Waals surface area (Å²) in [5.41, 5.74) is 6.94. The fourth-order valence-electron chi connectivity index (χ4n) is 6.28. The van der Waals surface area contributed by atoms with Gasteiger partial charge in [-0.3, -0.25) is 15.0 Å². The van der Waals surface area contributed by atoms with Crippen molar-refractivity contribution in [2.75, 3.05) is 99.4 Å². The van der Waals surface area contributed by atoms with Gasteiger partial charge in [0, 0.05) is 88.9 Å². The van der Waals surface area contributed by atoms with E-state index in [1.54, 1.807) is 9.80 Å². The maximum Gasteiger partial charge on any atom is 0.321 e. The van der Waals surface area contributed by atoms with Crippen molar-refractivity contribution in [1.29, 1.82) is 0 Å². The number of rotatable bonds is 3. The molecule has 8 rings (SSSR count). The maximum atomic E-state index is 14.1. The standard InChI is InChI=1S/C17H16Cl2F2N4O.C10H13ClFN3.C6H5ClFN.C5H2ClFIN.C5H12N2/c18-12-8-11(2-3-14(12)20)23-17(26)25-5-1-4-24(6-7-25)16-13(19)9-22-10-15(16)21;11-8-6-14-7-9(12)10(8)15-4-1-2-13-3-5-15;7-5-3-4(9)1-2-6(5)8;6-3-1-9-2-4(7)5(3)8;1-2-6-4-5-7-3-1/h2-3,8-10H,1,4-7H2,(H,23,26);6-7,13H,1-5H2;1-3H,9H2;1-2H;6-7H,1-5H2. The van der Waals surface area contributed by atoms with E-state index in [1.807, 2.05) is 27.5 Å². The Kier molecular flexibility index (Phi) is 24.3. The number of nitrogens with zero attached hydrogens (tertiary/aromatic N) is 6. The van der Waals surface area contributed by atoms with Crippen LogP contribution in [0.3, 0.4) is 0 Å². The SMILES string of the molecule is C1CNCCNC1.Fc1cncc(Cl)c1I.Fc1cncc(Cl)c1N1CCCNCC1.Nc1ccc(F)c(Cl)c1.O=C(Nc1ccc(F)c(Cl)c1)N1CCCN(c2c(F)cncc2Cl)CC1. The minimum absolute atomic E-state index is 0.0624. The predicted octanol–water partition coefficient (Wildman–Crippen LogP) is 10.2. The Morgan fingerprint density at radius 3 is 1.61 bits per heavy atom.